The molecule has 1 heterocycles. The number of aromatic nitrogens is 2. The van der Waals surface area contributed by atoms with Gasteiger partial charge >= 0.3 is 0 Å². The SMILES string of the molecule is COc1cccc(OCCCn2c(C(C)NC(=O)c3ccccc3C)nc3ccccc32)c1. The van der Waals surface area contributed by atoms with Crippen molar-refractivity contribution >= 4 is 16.9 Å². The molecule has 1 atom stereocenters. The van der Waals surface area contributed by atoms with Crippen molar-refractivity contribution < 1.29 is 14.3 Å². The fourth-order valence-corrected chi connectivity index (χ4v) is 3.93. The molecule has 33 heavy (non-hydrogen) atoms. The molecule has 170 valence electrons. The van der Waals surface area contributed by atoms with Crippen LogP contribution in [-0.2, 0) is 6.54 Å². The molecule has 6 heteroatoms. The zero-order valence-corrected chi connectivity index (χ0v) is 19.2. The monoisotopic (exact) mass is 443 g/mol. The summed E-state index contributed by atoms with van der Waals surface area (Å²) in [5.41, 5.74) is 3.59. The lowest BCUT2D eigenvalue weighted by Crippen LogP contribution is -2.29. The van der Waals surface area contributed by atoms with Gasteiger partial charge in [-0.3, -0.25) is 4.79 Å². The van der Waals surface area contributed by atoms with Crippen molar-refractivity contribution in [2.24, 2.45) is 0 Å². The first-order valence-electron chi connectivity index (χ1n) is 11.2. The Kier molecular flexibility index (Phi) is 6.93. The van der Waals surface area contributed by atoms with E-state index in [2.05, 4.69) is 16.0 Å². The van der Waals surface area contributed by atoms with Gasteiger partial charge < -0.3 is 19.4 Å². The van der Waals surface area contributed by atoms with E-state index in [0.29, 0.717) is 12.2 Å². The van der Waals surface area contributed by atoms with Crippen molar-refractivity contribution in [2.75, 3.05) is 13.7 Å². The molecule has 0 aliphatic carbocycles. The van der Waals surface area contributed by atoms with Crippen molar-refractivity contribution in [3.8, 4) is 11.5 Å². The maximum atomic E-state index is 12.9. The van der Waals surface area contributed by atoms with Crippen molar-refractivity contribution in [3.05, 3.63) is 89.7 Å². The highest BCUT2D eigenvalue weighted by atomic mass is 16.5. The van der Waals surface area contributed by atoms with Crippen LogP contribution in [-0.4, -0.2) is 29.2 Å². The Morgan fingerprint density at radius 3 is 2.61 bits per heavy atom. The Bertz CT molecular complexity index is 1250. The van der Waals surface area contributed by atoms with Crippen LogP contribution < -0.4 is 14.8 Å². The summed E-state index contributed by atoms with van der Waals surface area (Å²) in [5.74, 6) is 2.29. The molecule has 0 saturated heterocycles. The number of benzene rings is 3. The molecule has 0 aliphatic rings. The Hall–Kier alpha value is -3.80. The van der Waals surface area contributed by atoms with Gasteiger partial charge in [-0.15, -0.1) is 0 Å². The Morgan fingerprint density at radius 1 is 1.03 bits per heavy atom. The van der Waals surface area contributed by atoms with Gasteiger partial charge in [-0.25, -0.2) is 4.98 Å². The van der Waals surface area contributed by atoms with Gasteiger partial charge in [0.25, 0.3) is 5.91 Å². The van der Waals surface area contributed by atoms with Gasteiger partial charge in [0.15, 0.2) is 0 Å². The average molecular weight is 444 g/mol. The number of carbonyl (C=O) groups is 1. The highest BCUT2D eigenvalue weighted by Crippen LogP contribution is 2.23. The topological polar surface area (TPSA) is 65.4 Å². The third-order valence-electron chi connectivity index (χ3n) is 5.64. The number of carbonyl (C=O) groups excluding carboxylic acids is 1. The minimum absolute atomic E-state index is 0.0967. The van der Waals surface area contributed by atoms with Crippen molar-refractivity contribution in [3.63, 3.8) is 0 Å². The lowest BCUT2D eigenvalue weighted by atomic mass is 10.1. The molecule has 3 aromatic carbocycles. The number of para-hydroxylation sites is 2. The second kappa shape index (κ2) is 10.2. The molecule has 0 bridgehead atoms. The summed E-state index contributed by atoms with van der Waals surface area (Å²) in [4.78, 5) is 17.7. The predicted molar refractivity (Wildman–Crippen MR) is 130 cm³/mol. The van der Waals surface area contributed by atoms with E-state index < -0.39 is 0 Å². The maximum absolute atomic E-state index is 12.9. The molecule has 6 nitrogen and oxygen atoms in total. The van der Waals surface area contributed by atoms with E-state index in [9.17, 15) is 4.79 Å². The number of hydrogen-bond donors (Lipinski definition) is 1. The fourth-order valence-electron chi connectivity index (χ4n) is 3.93. The molecule has 4 rings (SSSR count). The summed E-state index contributed by atoms with van der Waals surface area (Å²) in [5, 5.41) is 3.12. The number of nitrogens with one attached hydrogen (secondary N) is 1. The van der Waals surface area contributed by atoms with Crippen LogP contribution in [0, 0.1) is 6.92 Å². The molecule has 1 aromatic heterocycles. The van der Waals surface area contributed by atoms with Crippen LogP contribution in [0.4, 0.5) is 0 Å². The number of amides is 1. The van der Waals surface area contributed by atoms with Crippen LogP contribution in [0.2, 0.25) is 0 Å². The molecule has 0 aliphatic heterocycles. The van der Waals surface area contributed by atoms with Crippen LogP contribution in [0.5, 0.6) is 11.5 Å². The summed E-state index contributed by atoms with van der Waals surface area (Å²) in [6.45, 7) is 5.20. The summed E-state index contributed by atoms with van der Waals surface area (Å²) in [7, 11) is 1.64. The van der Waals surface area contributed by atoms with E-state index in [1.807, 2.05) is 80.6 Å². The van der Waals surface area contributed by atoms with Crippen molar-refractivity contribution in [1.82, 2.24) is 14.9 Å². The number of aryl methyl sites for hydroxylation is 2. The first-order chi connectivity index (χ1) is 16.1. The molecule has 4 aromatic rings. The standard InChI is InChI=1S/C27H29N3O3/c1-19-10-4-5-13-23(19)27(31)28-20(2)26-29-24-14-6-7-15-25(24)30(26)16-9-17-33-22-12-8-11-21(18-22)32-3/h4-8,10-15,18,20H,9,16-17H2,1-3H3,(H,28,31). The van der Waals surface area contributed by atoms with Gasteiger partial charge in [0, 0.05) is 18.2 Å². The van der Waals surface area contributed by atoms with Crippen LogP contribution in [0.1, 0.15) is 41.1 Å². The lowest BCUT2D eigenvalue weighted by Gasteiger charge is -2.17. The number of methoxy groups -OCH3 is 1. The van der Waals surface area contributed by atoms with Gasteiger partial charge in [0.05, 0.1) is 30.8 Å². The minimum atomic E-state index is -0.246. The summed E-state index contributed by atoms with van der Waals surface area (Å²) in [6.07, 6.45) is 0.795. The molecule has 0 radical (unpaired) electrons. The first kappa shape index (κ1) is 22.4. The number of rotatable bonds is 9. The zero-order chi connectivity index (χ0) is 23.2. The molecule has 0 saturated carbocycles. The van der Waals surface area contributed by atoms with Gasteiger partial charge in [0.1, 0.15) is 17.3 Å². The smallest absolute Gasteiger partial charge is 0.252 e. The molecular weight excluding hydrogens is 414 g/mol. The number of nitrogens with zero attached hydrogens (tertiary/aromatic N) is 2. The number of imidazole rings is 1. The van der Waals surface area contributed by atoms with Gasteiger partial charge in [0.2, 0.25) is 0 Å². The van der Waals surface area contributed by atoms with Gasteiger partial charge in [-0.05, 0) is 56.2 Å². The van der Waals surface area contributed by atoms with Gasteiger partial charge in [-0.2, -0.15) is 0 Å². The number of fused-ring (bicyclic) bond motifs is 1. The van der Waals surface area contributed by atoms with Gasteiger partial charge in [-0.1, -0.05) is 36.4 Å². The highest BCUT2D eigenvalue weighted by Gasteiger charge is 2.19. The normalized spacial score (nSPS) is 11.8. The van der Waals surface area contributed by atoms with E-state index in [0.717, 1.165) is 46.9 Å². The average Bonchev–Trinajstić information content (AvgIpc) is 3.21. The minimum Gasteiger partial charge on any atom is -0.497 e. The fraction of sp³-hybridized carbons (Fsp3) is 0.259. The number of ether oxygens (including phenoxy) is 2. The molecule has 0 spiro atoms. The largest absolute Gasteiger partial charge is 0.497 e. The van der Waals surface area contributed by atoms with Crippen LogP contribution >= 0.6 is 0 Å². The maximum Gasteiger partial charge on any atom is 0.252 e. The summed E-state index contributed by atoms with van der Waals surface area (Å²) in [6, 6.07) is 23.0. The number of hydrogen-bond acceptors (Lipinski definition) is 4. The van der Waals surface area contributed by atoms with Crippen molar-refractivity contribution in [2.45, 2.75) is 32.9 Å². The van der Waals surface area contributed by atoms with E-state index in [4.69, 9.17) is 14.5 Å². The van der Waals surface area contributed by atoms with E-state index in [1.165, 1.54) is 0 Å². The summed E-state index contributed by atoms with van der Waals surface area (Å²) >= 11 is 0. The first-order valence-corrected chi connectivity index (χ1v) is 11.2. The van der Waals surface area contributed by atoms with Crippen LogP contribution in [0.15, 0.2) is 72.8 Å². The lowest BCUT2D eigenvalue weighted by molar-refractivity contribution is 0.0937. The molecular formula is C27H29N3O3. The van der Waals surface area contributed by atoms with E-state index in [1.54, 1.807) is 7.11 Å². The summed E-state index contributed by atoms with van der Waals surface area (Å²) < 4.78 is 13.3. The molecule has 1 amide bonds. The highest BCUT2D eigenvalue weighted by molar-refractivity contribution is 5.95. The van der Waals surface area contributed by atoms with Crippen LogP contribution in [0.3, 0.4) is 0 Å². The zero-order valence-electron chi connectivity index (χ0n) is 19.2. The molecule has 1 N–H and O–H groups in total. The predicted octanol–water partition coefficient (Wildman–Crippen LogP) is 5.31. The molecule has 0 fully saturated rings. The third kappa shape index (κ3) is 5.17. The quantitative estimate of drug-likeness (QED) is 0.356. The second-order valence-electron chi connectivity index (χ2n) is 8.00. The van der Waals surface area contributed by atoms with Crippen molar-refractivity contribution in [1.29, 1.82) is 0 Å². The molecule has 1 unspecified atom stereocenters. The van der Waals surface area contributed by atoms with Crippen LogP contribution in [0.25, 0.3) is 11.0 Å². The van der Waals surface area contributed by atoms with E-state index >= 15 is 0 Å². The second-order valence-corrected chi connectivity index (χ2v) is 8.00. The Morgan fingerprint density at radius 2 is 1.79 bits per heavy atom. The Labute approximate surface area is 194 Å². The Balaban J connectivity index is 1.48. The third-order valence-corrected chi connectivity index (χ3v) is 5.64. The van der Waals surface area contributed by atoms with E-state index in [-0.39, 0.29) is 11.9 Å².